The van der Waals surface area contributed by atoms with Crippen molar-refractivity contribution in [1.29, 1.82) is 0 Å². The molecule has 12 nitrogen and oxygen atoms in total. The lowest BCUT2D eigenvalue weighted by Crippen LogP contribution is -2.06. The monoisotopic (exact) mass is 1690 g/mol. The van der Waals surface area contributed by atoms with E-state index >= 15 is 0 Å². The number of para-hydroxylation sites is 10. The Morgan fingerprint density at radius 3 is 0.879 bits per heavy atom. The van der Waals surface area contributed by atoms with Crippen molar-refractivity contribution >= 4 is 131 Å². The van der Waals surface area contributed by atoms with Crippen molar-refractivity contribution in [3.05, 3.63) is 474 Å². The van der Waals surface area contributed by atoms with Gasteiger partial charge in [0.2, 0.25) is 5.95 Å². The molecule has 0 radical (unpaired) electrons. The van der Waals surface area contributed by atoms with E-state index in [4.69, 9.17) is 29.9 Å². The minimum absolute atomic E-state index is 0.570. The van der Waals surface area contributed by atoms with E-state index in [0.29, 0.717) is 17.6 Å². The summed E-state index contributed by atoms with van der Waals surface area (Å²) in [4.78, 5) is 30.5. The van der Waals surface area contributed by atoms with E-state index < -0.39 is 0 Å². The summed E-state index contributed by atoms with van der Waals surface area (Å²) >= 11 is 0. The lowest BCUT2D eigenvalue weighted by molar-refractivity contribution is 0.953. The molecule has 10 heterocycles. The summed E-state index contributed by atoms with van der Waals surface area (Å²) in [5.41, 5.74) is 29.8. The summed E-state index contributed by atoms with van der Waals surface area (Å²) < 4.78 is 13.7. The molecule has 132 heavy (non-hydrogen) atoms. The normalized spacial score (nSPS) is 11.6. The standard InChI is InChI=1S/C44H28N6.C41H27N3.C35H23N3/c1-4-15-29(16-5-1)41-46-42(30-17-6-2-7-18-30)48-44(47-41)50-38-25-13-11-22-35(38)40-33(23-14-26-39(40)50)31-27-36-34-21-10-12-24-37(34)49(43(36)45-28-31)32-19-8-3-9-20-32;1-3-12-28(13-4-1)29-22-24-32(25-23-29)43-38-20-10-8-17-35(38)40-33(18-11-21-39(40)43)30-26-36-34-16-7-9-19-37(34)44(41(36)42-27-30)31-14-5-2-6-15-31;1-3-12-24(13-4-1)37-32-20-10-8-17-28(32)35-27(18-11-21-33(35)37)30-22-29-26-16-7-9-19-31(26)38(34(29)23-36-30)25-14-5-2-6-15-25/h1-28H;1-27H;1-23H. The van der Waals surface area contributed by atoms with E-state index in [0.717, 1.165) is 128 Å². The summed E-state index contributed by atoms with van der Waals surface area (Å²) in [5, 5.41) is 14.2. The molecule has 0 fully saturated rings. The largest absolute Gasteiger partial charge is 0.309 e. The fraction of sp³-hybridized carbons (Fsp3) is 0. The lowest BCUT2D eigenvalue weighted by atomic mass is 9.99. The van der Waals surface area contributed by atoms with Crippen LogP contribution >= 0.6 is 0 Å². The van der Waals surface area contributed by atoms with Gasteiger partial charge in [-0.25, -0.2) is 15.0 Å². The van der Waals surface area contributed by atoms with Crippen LogP contribution in [-0.2, 0) is 0 Å². The Hall–Kier alpha value is -18.0. The summed E-state index contributed by atoms with van der Waals surface area (Å²) in [7, 11) is 0. The van der Waals surface area contributed by atoms with E-state index in [2.05, 4.69) is 416 Å². The number of benzene rings is 17. The molecule has 0 unspecified atom stereocenters. The lowest BCUT2D eigenvalue weighted by Gasteiger charge is -2.11. The highest BCUT2D eigenvalue weighted by Gasteiger charge is 2.26. The molecule has 10 aromatic heterocycles. The predicted octanol–water partition coefficient (Wildman–Crippen LogP) is 30.0. The van der Waals surface area contributed by atoms with Crippen LogP contribution < -0.4 is 0 Å². The van der Waals surface area contributed by atoms with Crippen molar-refractivity contribution in [1.82, 2.24) is 57.3 Å². The van der Waals surface area contributed by atoms with Gasteiger partial charge in [0.25, 0.3) is 0 Å². The second-order valence-electron chi connectivity index (χ2n) is 33.3. The molecule has 27 rings (SSSR count). The van der Waals surface area contributed by atoms with Crippen LogP contribution in [0.4, 0.5) is 0 Å². The zero-order valence-electron chi connectivity index (χ0n) is 71.4. The highest BCUT2D eigenvalue weighted by atomic mass is 15.2. The fourth-order valence-electron chi connectivity index (χ4n) is 20.0. The molecule has 0 amide bonds. The van der Waals surface area contributed by atoms with Crippen LogP contribution in [0.15, 0.2) is 474 Å². The Bertz CT molecular complexity index is 9060. The first kappa shape index (κ1) is 76.4. The third kappa shape index (κ3) is 12.9. The highest BCUT2D eigenvalue weighted by molar-refractivity contribution is 6.21. The number of aromatic nitrogens is 12. The average Bonchev–Trinajstić information content (AvgIpc) is 1.60. The summed E-state index contributed by atoms with van der Waals surface area (Å²) in [6.45, 7) is 0. The van der Waals surface area contributed by atoms with Crippen LogP contribution in [-0.4, -0.2) is 57.3 Å². The van der Waals surface area contributed by atoms with Crippen molar-refractivity contribution in [2.24, 2.45) is 0 Å². The molecule has 0 atom stereocenters. The van der Waals surface area contributed by atoms with Crippen molar-refractivity contribution in [3.8, 4) is 102 Å². The van der Waals surface area contributed by atoms with Gasteiger partial charge in [-0.05, 0) is 156 Å². The topological polar surface area (TPSA) is 107 Å². The number of rotatable bonds is 12. The number of hydrogen-bond donors (Lipinski definition) is 0. The fourth-order valence-corrected chi connectivity index (χ4v) is 20.0. The zero-order chi connectivity index (χ0) is 87.1. The molecule has 0 saturated heterocycles. The molecular formula is C120H78N12. The molecule has 0 bridgehead atoms. The smallest absolute Gasteiger partial charge is 0.238 e. The van der Waals surface area contributed by atoms with Crippen molar-refractivity contribution < 1.29 is 0 Å². The van der Waals surface area contributed by atoms with E-state index in [1.165, 1.54) is 87.4 Å². The molecule has 0 aliphatic rings. The highest BCUT2D eigenvalue weighted by Crippen LogP contribution is 2.46. The van der Waals surface area contributed by atoms with Crippen LogP contribution in [0, 0.1) is 0 Å². The number of hydrogen-bond acceptors (Lipinski definition) is 6. The van der Waals surface area contributed by atoms with E-state index in [9.17, 15) is 0 Å². The Labute approximate surface area is 758 Å². The first-order valence-corrected chi connectivity index (χ1v) is 44.6. The first-order chi connectivity index (χ1) is 65.5. The van der Waals surface area contributed by atoms with Crippen molar-refractivity contribution in [2.75, 3.05) is 0 Å². The molecular weight excluding hydrogens is 1610 g/mol. The summed E-state index contributed by atoms with van der Waals surface area (Å²) in [6, 6.07) is 160. The van der Waals surface area contributed by atoms with E-state index in [1.807, 2.05) is 85.3 Å². The maximum Gasteiger partial charge on any atom is 0.238 e. The third-order valence-corrected chi connectivity index (χ3v) is 25.8. The number of fused-ring (bicyclic) bond motifs is 18. The Balaban J connectivity index is 0.000000107. The molecule has 27 aromatic rings. The van der Waals surface area contributed by atoms with Gasteiger partial charge in [-0.1, -0.05) is 322 Å². The predicted molar refractivity (Wildman–Crippen MR) is 545 cm³/mol. The number of pyridine rings is 3. The van der Waals surface area contributed by atoms with Gasteiger partial charge in [-0.2, -0.15) is 9.97 Å². The molecule has 0 spiro atoms. The van der Waals surface area contributed by atoms with Gasteiger partial charge in [0.1, 0.15) is 11.3 Å². The minimum atomic E-state index is 0.570. The van der Waals surface area contributed by atoms with Gasteiger partial charge in [0.05, 0.1) is 67.1 Å². The van der Waals surface area contributed by atoms with E-state index in [1.54, 1.807) is 0 Å². The van der Waals surface area contributed by atoms with Gasteiger partial charge in [0, 0.05) is 133 Å². The molecule has 0 aliphatic heterocycles. The van der Waals surface area contributed by atoms with Crippen LogP contribution in [0.1, 0.15) is 0 Å². The Morgan fingerprint density at radius 2 is 0.455 bits per heavy atom. The zero-order valence-corrected chi connectivity index (χ0v) is 71.4. The van der Waals surface area contributed by atoms with Crippen LogP contribution in [0.25, 0.3) is 233 Å². The molecule has 618 valence electrons. The van der Waals surface area contributed by atoms with Crippen molar-refractivity contribution in [3.63, 3.8) is 0 Å². The van der Waals surface area contributed by atoms with Gasteiger partial charge < -0.3 is 13.7 Å². The Kier molecular flexibility index (Phi) is 18.6. The Morgan fingerprint density at radius 1 is 0.159 bits per heavy atom. The second-order valence-corrected chi connectivity index (χ2v) is 33.3. The summed E-state index contributed by atoms with van der Waals surface area (Å²) in [5.74, 6) is 1.82. The summed E-state index contributed by atoms with van der Waals surface area (Å²) in [6.07, 6.45) is 6.08. The van der Waals surface area contributed by atoms with Crippen LogP contribution in [0.2, 0.25) is 0 Å². The minimum Gasteiger partial charge on any atom is -0.309 e. The van der Waals surface area contributed by atoms with Gasteiger partial charge in [0.15, 0.2) is 11.6 Å². The quantitative estimate of drug-likeness (QED) is 0.121. The first-order valence-electron chi connectivity index (χ1n) is 44.6. The molecule has 0 saturated carbocycles. The SMILES string of the molecule is c1ccc(-c2ccc(-n3c4ccccc4c4c(-c5cnc6c(c5)c5ccccc5n6-c5ccccc5)cccc43)cc2)cc1.c1ccc(-c2nc(-c3ccccc3)nc(-n3c4ccccc4c4c(-c5cnc6c(c5)c5ccccc5n6-c5ccccc5)cccc43)n2)cc1.c1ccc(-n2c3ccccc3c3cc(-c4cccc5c4c4ccccc4n5-c4ccccc4)ncc32)cc1. The molecule has 17 aromatic carbocycles. The van der Waals surface area contributed by atoms with Crippen LogP contribution in [0.3, 0.4) is 0 Å². The maximum atomic E-state index is 5.14. The molecule has 12 heteroatoms. The third-order valence-electron chi connectivity index (χ3n) is 25.8. The second kappa shape index (κ2) is 32.1. The number of nitrogens with zero attached hydrogens (tertiary/aromatic N) is 12. The molecule has 0 N–H and O–H groups in total. The van der Waals surface area contributed by atoms with Crippen LogP contribution in [0.5, 0.6) is 0 Å². The maximum absolute atomic E-state index is 5.14. The van der Waals surface area contributed by atoms with Crippen molar-refractivity contribution in [2.45, 2.75) is 0 Å². The average molecular weight is 1690 g/mol. The molecule has 0 aliphatic carbocycles. The van der Waals surface area contributed by atoms with Gasteiger partial charge >= 0.3 is 0 Å². The van der Waals surface area contributed by atoms with E-state index in [-0.39, 0.29) is 0 Å². The van der Waals surface area contributed by atoms with Gasteiger partial charge in [-0.3, -0.25) is 18.7 Å². The van der Waals surface area contributed by atoms with Gasteiger partial charge in [-0.15, -0.1) is 0 Å².